The Morgan fingerprint density at radius 2 is 1.41 bits per heavy atom. The van der Waals surface area contributed by atoms with Crippen molar-refractivity contribution in [3.05, 3.63) is 11.8 Å². The molecule has 2 amide bonds. The van der Waals surface area contributed by atoms with Crippen molar-refractivity contribution < 1.29 is 28.6 Å². The molecule has 0 spiro atoms. The number of ether oxygens (including phenoxy) is 3. The van der Waals surface area contributed by atoms with Crippen LogP contribution in [0.1, 0.15) is 93.7 Å². The maximum Gasteiger partial charge on any atom is 0.425 e. The van der Waals surface area contributed by atoms with Gasteiger partial charge in [0, 0.05) is 18.9 Å². The van der Waals surface area contributed by atoms with Gasteiger partial charge in [-0.15, -0.1) is 0 Å². The van der Waals surface area contributed by atoms with Crippen LogP contribution in [-0.2, 0) is 24.5 Å². The highest BCUT2D eigenvalue weighted by atomic mass is 16.6. The van der Waals surface area contributed by atoms with Crippen LogP contribution < -0.4 is 4.90 Å². The topological polar surface area (TPSA) is 100.0 Å². The lowest BCUT2D eigenvalue weighted by molar-refractivity contribution is -0.151. The van der Waals surface area contributed by atoms with E-state index in [0.717, 1.165) is 10.6 Å². The molecular formula is C23H37N3O6. The zero-order valence-corrected chi connectivity index (χ0v) is 20.9. The number of amides is 2. The van der Waals surface area contributed by atoms with E-state index in [0.29, 0.717) is 12.8 Å². The number of carbonyl (C=O) groups excluding carboxylic acids is 3. The van der Waals surface area contributed by atoms with E-state index in [9.17, 15) is 14.4 Å². The largest absolute Gasteiger partial charge is 0.463 e. The number of anilines is 1. The number of rotatable bonds is 3. The van der Waals surface area contributed by atoms with Crippen molar-refractivity contribution >= 4 is 24.0 Å². The number of aromatic nitrogens is 2. The van der Waals surface area contributed by atoms with Gasteiger partial charge in [0.05, 0.1) is 11.2 Å². The molecule has 0 N–H and O–H groups in total. The van der Waals surface area contributed by atoms with Crippen LogP contribution in [0, 0.1) is 0 Å². The van der Waals surface area contributed by atoms with E-state index < -0.39 is 28.9 Å². The summed E-state index contributed by atoms with van der Waals surface area (Å²) in [5.41, 5.74) is -1.43. The van der Waals surface area contributed by atoms with Gasteiger partial charge in [0.25, 0.3) is 0 Å². The summed E-state index contributed by atoms with van der Waals surface area (Å²) in [5.74, 6) is 0.0168. The summed E-state index contributed by atoms with van der Waals surface area (Å²) in [6.45, 7) is 17.6. The first kappa shape index (κ1) is 25.7. The van der Waals surface area contributed by atoms with Crippen molar-refractivity contribution in [2.75, 3.05) is 4.90 Å². The third kappa shape index (κ3) is 6.71. The molecule has 1 saturated carbocycles. The van der Waals surface area contributed by atoms with Gasteiger partial charge < -0.3 is 14.2 Å². The molecule has 1 aromatic heterocycles. The maximum atomic E-state index is 13.1. The second kappa shape index (κ2) is 8.75. The zero-order chi connectivity index (χ0) is 24.6. The van der Waals surface area contributed by atoms with Gasteiger partial charge in [-0.05, 0) is 75.2 Å². The summed E-state index contributed by atoms with van der Waals surface area (Å²) in [5, 5.41) is 4.71. The fourth-order valence-electron chi connectivity index (χ4n) is 3.26. The number of hydrogen-bond donors (Lipinski definition) is 0. The van der Waals surface area contributed by atoms with Gasteiger partial charge in [-0.2, -0.15) is 10.00 Å². The van der Waals surface area contributed by atoms with Crippen molar-refractivity contribution in [1.29, 1.82) is 0 Å². The molecule has 0 aromatic carbocycles. The fourth-order valence-corrected chi connectivity index (χ4v) is 3.26. The predicted octanol–water partition coefficient (Wildman–Crippen LogP) is 5.12. The van der Waals surface area contributed by atoms with Gasteiger partial charge in [0.1, 0.15) is 23.1 Å². The Bertz CT molecular complexity index is 836. The molecule has 9 nitrogen and oxygen atoms in total. The molecule has 0 aliphatic heterocycles. The molecule has 1 heterocycles. The molecular weight excluding hydrogens is 414 g/mol. The number of esters is 1. The van der Waals surface area contributed by atoms with Crippen molar-refractivity contribution in [3.63, 3.8) is 0 Å². The van der Waals surface area contributed by atoms with Gasteiger partial charge in [-0.1, -0.05) is 0 Å². The van der Waals surface area contributed by atoms with E-state index in [1.54, 1.807) is 52.3 Å². The smallest absolute Gasteiger partial charge is 0.425 e. The second-order valence-electron chi connectivity index (χ2n) is 11.2. The summed E-state index contributed by atoms with van der Waals surface area (Å²) in [4.78, 5) is 38.3. The Hall–Kier alpha value is -2.58. The number of carbonyl (C=O) groups is 3. The molecule has 9 heteroatoms. The van der Waals surface area contributed by atoms with Gasteiger partial charge >= 0.3 is 18.2 Å². The Balaban J connectivity index is 2.46. The monoisotopic (exact) mass is 451 g/mol. The lowest BCUT2D eigenvalue weighted by atomic mass is 9.80. The van der Waals surface area contributed by atoms with Gasteiger partial charge in [0.2, 0.25) is 0 Å². The van der Waals surface area contributed by atoms with Gasteiger partial charge in [0.15, 0.2) is 0 Å². The van der Waals surface area contributed by atoms with Crippen LogP contribution in [-0.4, -0.2) is 45.2 Å². The van der Waals surface area contributed by atoms with Crippen molar-refractivity contribution in [3.8, 4) is 0 Å². The predicted molar refractivity (Wildman–Crippen MR) is 120 cm³/mol. The van der Waals surface area contributed by atoms with Gasteiger partial charge in [-0.25, -0.2) is 14.3 Å². The molecule has 2 rings (SSSR count). The van der Waals surface area contributed by atoms with E-state index in [4.69, 9.17) is 19.3 Å². The highest BCUT2D eigenvalue weighted by molar-refractivity contribution is 6.09. The molecule has 1 aliphatic carbocycles. The van der Waals surface area contributed by atoms with Crippen molar-refractivity contribution in [2.45, 2.75) is 111 Å². The molecule has 0 radical (unpaired) electrons. The van der Waals surface area contributed by atoms with Crippen LogP contribution in [0.15, 0.2) is 6.07 Å². The normalized spacial score (nSPS) is 19.1. The van der Waals surface area contributed by atoms with E-state index in [1.165, 1.54) is 6.92 Å². The summed E-state index contributed by atoms with van der Waals surface area (Å²) < 4.78 is 17.9. The number of hydrogen-bond acceptors (Lipinski definition) is 7. The Labute approximate surface area is 190 Å². The SMILES string of the molecule is CC(=O)O[C@H]1C[C@@H](c2cc(N(C(=O)OC(C)(C)C)C(=O)OC(C)(C)C)n(C(C)(C)C)n2)C1. The van der Waals surface area contributed by atoms with Crippen molar-refractivity contribution in [1.82, 2.24) is 9.78 Å². The van der Waals surface area contributed by atoms with E-state index >= 15 is 0 Å². The van der Waals surface area contributed by atoms with Crippen molar-refractivity contribution in [2.24, 2.45) is 0 Å². The van der Waals surface area contributed by atoms with E-state index in [1.807, 2.05) is 20.8 Å². The van der Waals surface area contributed by atoms with E-state index in [-0.39, 0.29) is 23.8 Å². The maximum absolute atomic E-state index is 13.1. The summed E-state index contributed by atoms with van der Waals surface area (Å²) >= 11 is 0. The van der Waals surface area contributed by atoms with E-state index in [2.05, 4.69) is 0 Å². The minimum Gasteiger partial charge on any atom is -0.463 e. The summed E-state index contributed by atoms with van der Waals surface area (Å²) in [6, 6.07) is 1.72. The zero-order valence-electron chi connectivity index (χ0n) is 20.9. The lowest BCUT2D eigenvalue weighted by Crippen LogP contribution is -2.45. The average molecular weight is 452 g/mol. The molecule has 1 aromatic rings. The highest BCUT2D eigenvalue weighted by Gasteiger charge is 2.40. The van der Waals surface area contributed by atoms with Crippen LogP contribution in [0.3, 0.4) is 0 Å². The molecule has 32 heavy (non-hydrogen) atoms. The van der Waals surface area contributed by atoms with Crippen LogP contribution in [0.4, 0.5) is 15.4 Å². The third-order valence-corrected chi connectivity index (χ3v) is 4.57. The van der Waals surface area contributed by atoms with Gasteiger partial charge in [-0.3, -0.25) is 4.79 Å². The first-order chi connectivity index (χ1) is 14.4. The Morgan fingerprint density at radius 3 is 1.78 bits per heavy atom. The first-order valence-corrected chi connectivity index (χ1v) is 10.9. The second-order valence-corrected chi connectivity index (χ2v) is 11.2. The first-order valence-electron chi connectivity index (χ1n) is 10.9. The number of imide groups is 1. The number of nitrogens with zero attached hydrogens (tertiary/aromatic N) is 3. The molecule has 0 saturated heterocycles. The van der Waals surface area contributed by atoms with Crippen LogP contribution in [0.2, 0.25) is 0 Å². The summed E-state index contributed by atoms with van der Waals surface area (Å²) in [7, 11) is 0. The molecule has 0 unspecified atom stereocenters. The van der Waals surface area contributed by atoms with Crippen LogP contribution in [0.5, 0.6) is 0 Å². The molecule has 0 bridgehead atoms. The Kier molecular flexibility index (Phi) is 7.02. The standard InChI is InChI=1S/C23H37N3O6/c1-14(27)30-16-11-15(12-16)17-13-18(26(24-17)21(2,3)4)25(19(28)31-22(5,6)7)20(29)32-23(8,9)10/h13,15-16H,11-12H2,1-10H3/t15-,16+. The quantitative estimate of drug-likeness (QED) is 0.464. The minimum absolute atomic E-state index is 0.0563. The third-order valence-electron chi connectivity index (χ3n) is 4.57. The molecule has 1 fully saturated rings. The molecule has 1 aliphatic rings. The Morgan fingerprint density at radius 1 is 0.938 bits per heavy atom. The fraction of sp³-hybridized carbons (Fsp3) is 0.739. The van der Waals surface area contributed by atoms with Crippen LogP contribution in [0.25, 0.3) is 0 Å². The lowest BCUT2D eigenvalue weighted by Gasteiger charge is -2.33. The molecule has 180 valence electrons. The average Bonchev–Trinajstić information content (AvgIpc) is 2.91. The highest BCUT2D eigenvalue weighted by Crippen LogP contribution is 2.40. The molecule has 0 atom stereocenters. The minimum atomic E-state index is -0.838. The van der Waals surface area contributed by atoms with Crippen LogP contribution >= 0.6 is 0 Å². The summed E-state index contributed by atoms with van der Waals surface area (Å²) in [6.07, 6.45) is -0.545.